The molecule has 8 heteroatoms. The number of hydrogen-bond acceptors (Lipinski definition) is 6. The van der Waals surface area contributed by atoms with Gasteiger partial charge in [-0.15, -0.1) is 0 Å². The van der Waals surface area contributed by atoms with Crippen LogP contribution in [-0.4, -0.2) is 31.1 Å². The maximum atomic E-state index is 13.8. The van der Waals surface area contributed by atoms with Crippen LogP contribution in [0.1, 0.15) is 21.0 Å². The van der Waals surface area contributed by atoms with E-state index in [9.17, 15) is 14.0 Å². The lowest BCUT2D eigenvalue weighted by molar-refractivity contribution is 0.0527. The van der Waals surface area contributed by atoms with E-state index >= 15 is 0 Å². The molecule has 0 spiro atoms. The second-order valence-electron chi connectivity index (χ2n) is 3.80. The van der Waals surface area contributed by atoms with Crippen molar-refractivity contribution < 1.29 is 27.9 Å². The minimum absolute atomic E-state index is 0.00955. The normalized spacial score (nSPS) is 10.3. The van der Waals surface area contributed by atoms with Crippen LogP contribution < -0.4 is 0 Å². The van der Waals surface area contributed by atoms with Crippen LogP contribution in [0.2, 0.25) is 0 Å². The van der Waals surface area contributed by atoms with Crippen LogP contribution in [0.4, 0.5) is 4.39 Å². The highest BCUT2D eigenvalue weighted by Gasteiger charge is 2.28. The largest absolute Gasteiger partial charge is 0.464 e. The third-order valence-corrected chi connectivity index (χ3v) is 3.03. The number of benzene rings is 1. The molecule has 6 nitrogen and oxygen atoms in total. The van der Waals surface area contributed by atoms with Crippen molar-refractivity contribution in [3.8, 4) is 11.5 Å². The van der Waals surface area contributed by atoms with Gasteiger partial charge in [0.25, 0.3) is 0 Å². The number of methoxy groups -OCH3 is 2. The molecule has 0 saturated carbocycles. The topological polar surface area (TPSA) is 78.6 Å². The maximum Gasteiger partial charge on any atom is 0.376 e. The first-order valence-electron chi connectivity index (χ1n) is 5.60. The second-order valence-corrected chi connectivity index (χ2v) is 4.72. The van der Waals surface area contributed by atoms with Crippen LogP contribution in [-0.2, 0) is 9.47 Å². The molecular formula is C13H9BrFNO5. The summed E-state index contributed by atoms with van der Waals surface area (Å²) in [6.45, 7) is 0. The van der Waals surface area contributed by atoms with Gasteiger partial charge in [0, 0.05) is 4.47 Å². The van der Waals surface area contributed by atoms with Gasteiger partial charge in [0.1, 0.15) is 5.82 Å². The zero-order valence-corrected chi connectivity index (χ0v) is 12.6. The monoisotopic (exact) mass is 357 g/mol. The summed E-state index contributed by atoms with van der Waals surface area (Å²) < 4.78 is 28.5. The van der Waals surface area contributed by atoms with Crippen molar-refractivity contribution in [1.82, 2.24) is 4.98 Å². The number of esters is 2. The van der Waals surface area contributed by atoms with E-state index in [1.54, 1.807) is 0 Å². The van der Waals surface area contributed by atoms with E-state index in [-0.39, 0.29) is 17.1 Å². The molecule has 0 saturated heterocycles. The lowest BCUT2D eigenvalue weighted by Crippen LogP contribution is -2.10. The smallest absolute Gasteiger partial charge is 0.376 e. The van der Waals surface area contributed by atoms with Gasteiger partial charge in [0.2, 0.25) is 17.3 Å². The quantitative estimate of drug-likeness (QED) is 0.786. The van der Waals surface area contributed by atoms with Crippen molar-refractivity contribution in [2.75, 3.05) is 14.2 Å². The van der Waals surface area contributed by atoms with Crippen molar-refractivity contribution in [2.24, 2.45) is 0 Å². The van der Waals surface area contributed by atoms with E-state index in [0.717, 1.165) is 14.2 Å². The third kappa shape index (κ3) is 2.94. The van der Waals surface area contributed by atoms with E-state index in [1.807, 2.05) is 0 Å². The standard InChI is InChI=1S/C13H9BrFNO5/c1-19-12(17)9-10(13(18)20-2)21-11(16-9)7-5-6(14)3-4-8(7)15/h3-5H,1-2H3. The average molecular weight is 358 g/mol. The summed E-state index contributed by atoms with van der Waals surface area (Å²) in [5, 5.41) is 0. The van der Waals surface area contributed by atoms with Crippen molar-refractivity contribution in [2.45, 2.75) is 0 Å². The maximum absolute atomic E-state index is 13.8. The molecule has 0 aliphatic heterocycles. The predicted octanol–water partition coefficient (Wildman–Crippen LogP) is 2.82. The van der Waals surface area contributed by atoms with Gasteiger partial charge in [0.15, 0.2) is 0 Å². The van der Waals surface area contributed by atoms with Crippen molar-refractivity contribution in [3.63, 3.8) is 0 Å². The van der Waals surface area contributed by atoms with Gasteiger partial charge in [0.05, 0.1) is 19.8 Å². The molecule has 0 amide bonds. The summed E-state index contributed by atoms with van der Waals surface area (Å²) in [7, 11) is 2.24. The first-order chi connectivity index (χ1) is 9.97. The third-order valence-electron chi connectivity index (χ3n) is 2.54. The van der Waals surface area contributed by atoms with Gasteiger partial charge in [-0.2, -0.15) is 0 Å². The Labute approximate surface area is 127 Å². The van der Waals surface area contributed by atoms with E-state index in [4.69, 9.17) is 4.42 Å². The number of aromatic nitrogens is 1. The number of rotatable bonds is 3. The molecule has 0 atom stereocenters. The summed E-state index contributed by atoms with van der Waals surface area (Å²) in [6, 6.07) is 4.09. The Morgan fingerprint density at radius 1 is 1.24 bits per heavy atom. The van der Waals surface area contributed by atoms with Crippen LogP contribution in [0.25, 0.3) is 11.5 Å². The molecular weight excluding hydrogens is 349 g/mol. The molecule has 1 aromatic carbocycles. The first-order valence-corrected chi connectivity index (χ1v) is 6.40. The number of ether oxygens (including phenoxy) is 2. The Balaban J connectivity index is 2.61. The Kier molecular flexibility index (Phi) is 4.37. The Bertz CT molecular complexity index is 679. The molecule has 0 fully saturated rings. The van der Waals surface area contributed by atoms with E-state index in [2.05, 4.69) is 30.4 Å². The Morgan fingerprint density at radius 3 is 2.52 bits per heavy atom. The minimum atomic E-state index is -0.912. The lowest BCUT2D eigenvalue weighted by atomic mass is 10.2. The number of carbonyl (C=O) groups excluding carboxylic acids is 2. The van der Waals surface area contributed by atoms with Crippen LogP contribution in [0, 0.1) is 5.82 Å². The molecule has 1 heterocycles. The molecule has 0 N–H and O–H groups in total. The molecule has 110 valence electrons. The molecule has 21 heavy (non-hydrogen) atoms. The fourth-order valence-electron chi connectivity index (χ4n) is 1.56. The summed E-state index contributed by atoms with van der Waals surface area (Å²) in [4.78, 5) is 27.0. The zero-order chi connectivity index (χ0) is 15.6. The van der Waals surface area contributed by atoms with Crippen molar-refractivity contribution >= 4 is 27.9 Å². The Hall–Kier alpha value is -2.22. The lowest BCUT2D eigenvalue weighted by Gasteiger charge is -1.98. The molecule has 2 aromatic rings. The highest BCUT2D eigenvalue weighted by molar-refractivity contribution is 9.10. The molecule has 1 aromatic heterocycles. The minimum Gasteiger partial charge on any atom is -0.464 e. The van der Waals surface area contributed by atoms with Gasteiger partial charge < -0.3 is 13.9 Å². The molecule has 0 radical (unpaired) electrons. The van der Waals surface area contributed by atoms with Crippen molar-refractivity contribution in [3.05, 3.63) is 39.9 Å². The number of nitrogens with zero attached hydrogens (tertiary/aromatic N) is 1. The SMILES string of the molecule is COC(=O)c1nc(-c2cc(Br)ccc2F)oc1C(=O)OC. The second kappa shape index (κ2) is 6.04. The predicted molar refractivity (Wildman–Crippen MR) is 72.3 cm³/mol. The summed E-state index contributed by atoms with van der Waals surface area (Å²) in [5.41, 5.74) is -0.386. The van der Waals surface area contributed by atoms with Crippen LogP contribution in [0.3, 0.4) is 0 Å². The Morgan fingerprint density at radius 2 is 1.90 bits per heavy atom. The number of carbonyl (C=O) groups is 2. The number of hydrogen-bond donors (Lipinski definition) is 0. The first kappa shape index (κ1) is 15.2. The number of halogens is 2. The summed E-state index contributed by atoms with van der Waals surface area (Å²) >= 11 is 3.18. The molecule has 2 rings (SSSR count). The van der Waals surface area contributed by atoms with Crippen molar-refractivity contribution in [1.29, 1.82) is 0 Å². The van der Waals surface area contributed by atoms with E-state index < -0.39 is 23.5 Å². The molecule has 0 bridgehead atoms. The summed E-state index contributed by atoms with van der Waals surface area (Å²) in [6.07, 6.45) is 0. The zero-order valence-electron chi connectivity index (χ0n) is 11.0. The van der Waals surface area contributed by atoms with Gasteiger partial charge in [-0.25, -0.2) is 19.0 Å². The molecule has 0 aliphatic carbocycles. The average Bonchev–Trinajstić information content (AvgIpc) is 2.93. The molecule has 0 unspecified atom stereocenters. The van der Waals surface area contributed by atoms with Gasteiger partial charge in [-0.3, -0.25) is 0 Å². The van der Waals surface area contributed by atoms with Crippen LogP contribution in [0.5, 0.6) is 0 Å². The van der Waals surface area contributed by atoms with Gasteiger partial charge in [-0.1, -0.05) is 15.9 Å². The fourth-order valence-corrected chi connectivity index (χ4v) is 1.92. The van der Waals surface area contributed by atoms with Gasteiger partial charge >= 0.3 is 11.9 Å². The molecule has 0 aliphatic rings. The number of oxazole rings is 1. The highest BCUT2D eigenvalue weighted by atomic mass is 79.9. The highest BCUT2D eigenvalue weighted by Crippen LogP contribution is 2.28. The summed E-state index contributed by atoms with van der Waals surface area (Å²) in [5.74, 6) is -3.09. The fraction of sp³-hybridized carbons (Fsp3) is 0.154. The van der Waals surface area contributed by atoms with Crippen LogP contribution >= 0.6 is 15.9 Å². The van der Waals surface area contributed by atoms with E-state index in [1.165, 1.54) is 18.2 Å². The van der Waals surface area contributed by atoms with E-state index in [0.29, 0.717) is 4.47 Å². The van der Waals surface area contributed by atoms with Gasteiger partial charge in [-0.05, 0) is 18.2 Å². The van der Waals surface area contributed by atoms with Crippen LogP contribution in [0.15, 0.2) is 27.1 Å².